The predicted octanol–water partition coefficient (Wildman–Crippen LogP) is 4.05. The van der Waals surface area contributed by atoms with Gasteiger partial charge in [-0.3, -0.25) is 9.59 Å². The van der Waals surface area contributed by atoms with Crippen LogP contribution in [0, 0.1) is 12.8 Å². The van der Waals surface area contributed by atoms with Crippen LogP contribution in [0.3, 0.4) is 0 Å². The molecule has 4 rings (SSSR count). The Balaban J connectivity index is 1.47. The van der Waals surface area contributed by atoms with E-state index in [4.69, 9.17) is 9.15 Å². The Kier molecular flexibility index (Phi) is 6.43. The minimum absolute atomic E-state index is 0.0383. The largest absolute Gasteiger partial charge is 0.451 e. The van der Waals surface area contributed by atoms with Crippen LogP contribution in [0.2, 0.25) is 0 Å². The highest BCUT2D eigenvalue weighted by Gasteiger charge is 2.28. The van der Waals surface area contributed by atoms with E-state index in [-0.39, 0.29) is 24.3 Å². The number of carbonyl (C=O) groups excluding carboxylic acids is 2. The number of nitrogens with one attached hydrogen (secondary N) is 1. The monoisotopic (exact) mass is 419 g/mol. The van der Waals surface area contributed by atoms with E-state index in [1.54, 1.807) is 23.3 Å². The van der Waals surface area contributed by atoms with Gasteiger partial charge in [0.05, 0.1) is 0 Å². The number of benzene rings is 2. The summed E-state index contributed by atoms with van der Waals surface area (Å²) in [4.78, 5) is 31.7. The molecule has 0 saturated carbocycles. The number of hydrogen-bond donors (Lipinski definition) is 1. The van der Waals surface area contributed by atoms with Crippen molar-refractivity contribution in [1.82, 2.24) is 4.98 Å². The van der Waals surface area contributed by atoms with Gasteiger partial charge in [0.25, 0.3) is 0 Å². The highest BCUT2D eigenvalue weighted by Crippen LogP contribution is 2.24. The summed E-state index contributed by atoms with van der Waals surface area (Å²) in [6, 6.07) is 15.0. The lowest BCUT2D eigenvalue weighted by molar-refractivity contribution is -0.126. The molecule has 2 heterocycles. The average Bonchev–Trinajstić information content (AvgIpc) is 3.34. The lowest BCUT2D eigenvalue weighted by atomic mass is 9.98. The zero-order valence-electron chi connectivity index (χ0n) is 17.4. The van der Waals surface area contributed by atoms with E-state index in [2.05, 4.69) is 10.3 Å². The van der Waals surface area contributed by atoms with Crippen LogP contribution in [-0.4, -0.2) is 36.6 Å². The predicted molar refractivity (Wildman–Crippen MR) is 118 cm³/mol. The van der Waals surface area contributed by atoms with Crippen LogP contribution in [0.25, 0.3) is 11.3 Å². The molecule has 0 bridgehead atoms. The van der Waals surface area contributed by atoms with Crippen LogP contribution in [-0.2, 0) is 14.3 Å². The van der Waals surface area contributed by atoms with Crippen molar-refractivity contribution in [2.24, 2.45) is 5.92 Å². The van der Waals surface area contributed by atoms with Crippen LogP contribution in [0.1, 0.15) is 18.4 Å². The first-order valence-electron chi connectivity index (χ1n) is 10.3. The molecule has 1 fully saturated rings. The fraction of sp³-hybridized carbons (Fsp3) is 0.292. The van der Waals surface area contributed by atoms with Gasteiger partial charge in [-0.1, -0.05) is 29.8 Å². The summed E-state index contributed by atoms with van der Waals surface area (Å²) in [7, 11) is 0. The highest BCUT2D eigenvalue weighted by atomic mass is 16.5. The summed E-state index contributed by atoms with van der Waals surface area (Å²) in [6.07, 6.45) is 4.29. The molecule has 160 valence electrons. The topological polar surface area (TPSA) is 84.7 Å². The maximum absolute atomic E-state index is 13.2. The van der Waals surface area contributed by atoms with E-state index >= 15 is 0 Å². The van der Waals surface area contributed by atoms with Gasteiger partial charge in [-0.2, -0.15) is 0 Å². The van der Waals surface area contributed by atoms with E-state index < -0.39 is 0 Å². The summed E-state index contributed by atoms with van der Waals surface area (Å²) >= 11 is 0. The molecule has 1 aliphatic rings. The number of oxazole rings is 1. The molecule has 2 amide bonds. The molecule has 2 aromatic carbocycles. The zero-order valence-corrected chi connectivity index (χ0v) is 17.4. The molecule has 0 aliphatic carbocycles. The Morgan fingerprint density at radius 3 is 2.42 bits per heavy atom. The quantitative estimate of drug-likeness (QED) is 0.652. The van der Waals surface area contributed by atoms with Gasteiger partial charge in [-0.25, -0.2) is 4.98 Å². The van der Waals surface area contributed by atoms with Crippen molar-refractivity contribution in [3.8, 4) is 11.3 Å². The molecule has 31 heavy (non-hydrogen) atoms. The minimum Gasteiger partial charge on any atom is -0.451 e. The molecule has 0 unspecified atom stereocenters. The van der Waals surface area contributed by atoms with Crippen molar-refractivity contribution >= 4 is 23.2 Å². The van der Waals surface area contributed by atoms with Gasteiger partial charge >= 0.3 is 0 Å². The Morgan fingerprint density at radius 2 is 1.77 bits per heavy atom. The number of amides is 2. The van der Waals surface area contributed by atoms with Crippen molar-refractivity contribution in [3.05, 3.63) is 66.8 Å². The van der Waals surface area contributed by atoms with Crippen LogP contribution < -0.4 is 10.2 Å². The zero-order chi connectivity index (χ0) is 21.6. The fourth-order valence-corrected chi connectivity index (χ4v) is 3.61. The van der Waals surface area contributed by atoms with Gasteiger partial charge in [0.1, 0.15) is 18.5 Å². The Bertz CT molecular complexity index is 1010. The third kappa shape index (κ3) is 5.19. The van der Waals surface area contributed by atoms with Gasteiger partial charge in [-0.15, -0.1) is 0 Å². The second kappa shape index (κ2) is 9.57. The summed E-state index contributed by atoms with van der Waals surface area (Å²) in [6.45, 7) is 3.08. The lowest BCUT2D eigenvalue weighted by Gasteiger charge is -2.29. The van der Waals surface area contributed by atoms with Gasteiger partial charge in [-0.05, 0) is 44.0 Å². The van der Waals surface area contributed by atoms with E-state index in [1.165, 1.54) is 6.39 Å². The van der Waals surface area contributed by atoms with Gasteiger partial charge in [0.2, 0.25) is 11.8 Å². The second-order valence-electron chi connectivity index (χ2n) is 7.65. The molecule has 0 radical (unpaired) electrons. The molecular weight excluding hydrogens is 394 g/mol. The first-order chi connectivity index (χ1) is 15.1. The van der Waals surface area contributed by atoms with E-state index in [1.807, 2.05) is 43.3 Å². The number of ether oxygens (including phenoxy) is 1. The third-order valence-electron chi connectivity index (χ3n) is 5.38. The van der Waals surface area contributed by atoms with Crippen molar-refractivity contribution in [1.29, 1.82) is 0 Å². The van der Waals surface area contributed by atoms with Crippen LogP contribution >= 0.6 is 0 Å². The number of nitrogens with zero attached hydrogens (tertiary/aromatic N) is 2. The van der Waals surface area contributed by atoms with Gasteiger partial charge in [0.15, 0.2) is 6.39 Å². The number of rotatable bonds is 6. The van der Waals surface area contributed by atoms with Gasteiger partial charge < -0.3 is 19.4 Å². The van der Waals surface area contributed by atoms with Crippen molar-refractivity contribution in [3.63, 3.8) is 0 Å². The molecule has 3 aromatic rings. The van der Waals surface area contributed by atoms with Crippen LogP contribution in [0.4, 0.5) is 11.4 Å². The molecule has 7 heteroatoms. The summed E-state index contributed by atoms with van der Waals surface area (Å²) in [5.41, 5.74) is 4.09. The normalized spacial score (nSPS) is 14.2. The number of anilines is 2. The molecule has 0 spiro atoms. The van der Waals surface area contributed by atoms with E-state index in [0.717, 1.165) is 22.5 Å². The molecular formula is C24H25N3O4. The smallest absolute Gasteiger partial charge is 0.244 e. The van der Waals surface area contributed by atoms with Gasteiger partial charge in [0, 0.05) is 36.1 Å². The maximum Gasteiger partial charge on any atom is 0.244 e. The Labute approximate surface area is 181 Å². The first kappa shape index (κ1) is 20.8. The van der Waals surface area contributed by atoms with Crippen LogP contribution in [0.15, 0.2) is 65.6 Å². The maximum atomic E-state index is 13.2. The standard InChI is InChI=1S/C24H25N3O4/c1-17-2-8-21(9-3-17)27(24(29)19-10-12-30-13-11-19)14-23(28)26-20-6-4-18(5-7-20)22-15-31-16-25-22/h2-9,15-16,19H,10-14H2,1H3,(H,26,28). The molecule has 7 nitrogen and oxygen atoms in total. The number of carbonyl (C=O) groups is 2. The number of aromatic nitrogens is 1. The summed E-state index contributed by atoms with van der Waals surface area (Å²) in [5.74, 6) is -0.427. The molecule has 1 aromatic heterocycles. The number of hydrogen-bond acceptors (Lipinski definition) is 5. The third-order valence-corrected chi connectivity index (χ3v) is 5.38. The fourth-order valence-electron chi connectivity index (χ4n) is 3.61. The molecule has 1 saturated heterocycles. The van der Waals surface area contributed by atoms with Crippen LogP contribution in [0.5, 0.6) is 0 Å². The Hall–Kier alpha value is -3.45. The second-order valence-corrected chi connectivity index (χ2v) is 7.65. The SMILES string of the molecule is Cc1ccc(N(CC(=O)Nc2ccc(-c3cocn3)cc2)C(=O)C2CCOCC2)cc1. The van der Waals surface area contributed by atoms with E-state index in [0.29, 0.717) is 31.7 Å². The molecule has 1 N–H and O–H groups in total. The minimum atomic E-state index is -0.254. The summed E-state index contributed by atoms with van der Waals surface area (Å²) < 4.78 is 10.4. The Morgan fingerprint density at radius 1 is 1.06 bits per heavy atom. The number of aryl methyl sites for hydroxylation is 1. The average molecular weight is 419 g/mol. The molecule has 1 aliphatic heterocycles. The summed E-state index contributed by atoms with van der Waals surface area (Å²) in [5, 5.41) is 2.88. The molecule has 0 atom stereocenters. The lowest BCUT2D eigenvalue weighted by Crippen LogP contribution is -2.43. The first-order valence-corrected chi connectivity index (χ1v) is 10.3. The van der Waals surface area contributed by atoms with E-state index in [9.17, 15) is 9.59 Å². The van der Waals surface area contributed by atoms with Crippen molar-refractivity contribution < 1.29 is 18.7 Å². The van der Waals surface area contributed by atoms with Crippen molar-refractivity contribution in [2.45, 2.75) is 19.8 Å². The van der Waals surface area contributed by atoms with Crippen molar-refractivity contribution in [2.75, 3.05) is 30.0 Å². The highest BCUT2D eigenvalue weighted by molar-refractivity contribution is 6.03.